The molecule has 1 saturated heterocycles. The maximum absolute atomic E-state index is 12.4. The molecule has 1 aromatic carbocycles. The molecule has 2 unspecified atom stereocenters. The first-order valence-electron chi connectivity index (χ1n) is 9.35. The summed E-state index contributed by atoms with van der Waals surface area (Å²) in [7, 11) is 0. The number of carbonyl (C=O) groups is 2. The normalized spacial score (nSPS) is 17.6. The minimum atomic E-state index is -0.583. The van der Waals surface area contributed by atoms with Crippen LogP contribution in [-0.4, -0.2) is 61.6 Å². The predicted molar refractivity (Wildman–Crippen MR) is 102 cm³/mol. The third-order valence-corrected chi connectivity index (χ3v) is 4.79. The second-order valence-corrected chi connectivity index (χ2v) is 7.27. The van der Waals surface area contributed by atoms with Crippen LogP contribution >= 0.6 is 0 Å². The Hall–Kier alpha value is -1.92. The van der Waals surface area contributed by atoms with Crippen molar-refractivity contribution in [2.45, 2.75) is 39.8 Å². The van der Waals surface area contributed by atoms with Crippen molar-refractivity contribution in [1.82, 2.24) is 15.5 Å². The topological polar surface area (TPSA) is 70.7 Å². The number of hydrogen-bond acceptors (Lipinski definition) is 4. The molecule has 1 heterocycles. The minimum Gasteiger partial charge on any atom is -0.379 e. The highest BCUT2D eigenvalue weighted by atomic mass is 16.5. The molecular formula is C20H31N3O3. The van der Waals surface area contributed by atoms with Crippen molar-refractivity contribution in [2.75, 3.05) is 32.8 Å². The molecule has 0 spiro atoms. The van der Waals surface area contributed by atoms with Gasteiger partial charge in [0.25, 0.3) is 5.91 Å². The molecule has 2 atom stereocenters. The monoisotopic (exact) mass is 361 g/mol. The Kier molecular flexibility index (Phi) is 7.60. The number of aryl methyl sites for hydroxylation is 1. The molecule has 2 amide bonds. The van der Waals surface area contributed by atoms with Crippen molar-refractivity contribution in [3.8, 4) is 0 Å². The number of benzene rings is 1. The van der Waals surface area contributed by atoms with Gasteiger partial charge in [0.2, 0.25) is 5.91 Å². The highest BCUT2D eigenvalue weighted by Crippen LogP contribution is 2.12. The van der Waals surface area contributed by atoms with Crippen LogP contribution in [0.2, 0.25) is 0 Å². The van der Waals surface area contributed by atoms with E-state index in [1.54, 1.807) is 13.0 Å². The Bertz CT molecular complexity index is 612. The zero-order valence-electron chi connectivity index (χ0n) is 16.2. The summed E-state index contributed by atoms with van der Waals surface area (Å²) in [6, 6.07) is 7.02. The first kappa shape index (κ1) is 20.4. The van der Waals surface area contributed by atoms with E-state index in [1.165, 1.54) is 0 Å². The zero-order valence-corrected chi connectivity index (χ0v) is 16.2. The Morgan fingerprint density at radius 1 is 1.19 bits per heavy atom. The van der Waals surface area contributed by atoms with Crippen LogP contribution < -0.4 is 10.6 Å². The lowest BCUT2D eigenvalue weighted by atomic mass is 10.0. The average Bonchev–Trinajstić information content (AvgIpc) is 2.62. The Balaban J connectivity index is 1.86. The third kappa shape index (κ3) is 5.81. The van der Waals surface area contributed by atoms with E-state index in [2.05, 4.69) is 29.4 Å². The van der Waals surface area contributed by atoms with Crippen LogP contribution in [0.1, 0.15) is 36.7 Å². The van der Waals surface area contributed by atoms with Gasteiger partial charge in [0.15, 0.2) is 0 Å². The molecule has 0 aliphatic carbocycles. The molecule has 6 heteroatoms. The summed E-state index contributed by atoms with van der Waals surface area (Å²) in [5.74, 6) is 0.0282. The molecule has 6 nitrogen and oxygen atoms in total. The highest BCUT2D eigenvalue weighted by Gasteiger charge is 2.25. The smallest absolute Gasteiger partial charge is 0.251 e. The molecule has 0 bridgehead atoms. The summed E-state index contributed by atoms with van der Waals surface area (Å²) in [6.45, 7) is 11.8. The summed E-state index contributed by atoms with van der Waals surface area (Å²) < 4.78 is 5.41. The highest BCUT2D eigenvalue weighted by molar-refractivity contribution is 5.97. The van der Waals surface area contributed by atoms with Gasteiger partial charge < -0.3 is 15.4 Å². The molecule has 0 saturated carbocycles. The van der Waals surface area contributed by atoms with Gasteiger partial charge in [-0.15, -0.1) is 0 Å². The molecule has 1 aliphatic heterocycles. The molecule has 1 fully saturated rings. The lowest BCUT2D eigenvalue weighted by Gasteiger charge is -2.37. The fourth-order valence-corrected chi connectivity index (χ4v) is 3.19. The van der Waals surface area contributed by atoms with Gasteiger partial charge in [-0.2, -0.15) is 0 Å². The van der Waals surface area contributed by atoms with Gasteiger partial charge in [0, 0.05) is 31.2 Å². The quantitative estimate of drug-likeness (QED) is 0.774. The summed E-state index contributed by atoms with van der Waals surface area (Å²) in [6.07, 6.45) is 0. The van der Waals surface area contributed by atoms with Crippen molar-refractivity contribution in [1.29, 1.82) is 0 Å². The van der Waals surface area contributed by atoms with E-state index in [0.29, 0.717) is 18.0 Å². The Labute approximate surface area is 156 Å². The number of ether oxygens (including phenoxy) is 1. The van der Waals surface area contributed by atoms with E-state index in [-0.39, 0.29) is 17.9 Å². The van der Waals surface area contributed by atoms with Crippen LogP contribution in [0.5, 0.6) is 0 Å². The summed E-state index contributed by atoms with van der Waals surface area (Å²) in [5, 5.41) is 5.76. The van der Waals surface area contributed by atoms with Crippen LogP contribution in [0.4, 0.5) is 0 Å². The van der Waals surface area contributed by atoms with Crippen molar-refractivity contribution in [3.63, 3.8) is 0 Å². The standard InChI is InChI=1S/C20H31N3O3/c1-14(2)18(23-8-10-26-11-9-23)13-21-19(24)16(4)22-20(25)17-7-5-6-15(3)12-17/h5-7,12,14,16,18H,8-11,13H2,1-4H3,(H,21,24)(H,22,25). The van der Waals surface area contributed by atoms with E-state index >= 15 is 0 Å². The van der Waals surface area contributed by atoms with Crippen molar-refractivity contribution in [2.24, 2.45) is 5.92 Å². The number of nitrogens with one attached hydrogen (secondary N) is 2. The van der Waals surface area contributed by atoms with Gasteiger partial charge >= 0.3 is 0 Å². The van der Waals surface area contributed by atoms with Crippen LogP contribution in [0.3, 0.4) is 0 Å². The van der Waals surface area contributed by atoms with E-state index in [4.69, 9.17) is 4.74 Å². The van der Waals surface area contributed by atoms with Gasteiger partial charge in [-0.1, -0.05) is 31.5 Å². The van der Waals surface area contributed by atoms with E-state index in [1.807, 2.05) is 25.1 Å². The first-order chi connectivity index (χ1) is 12.4. The fourth-order valence-electron chi connectivity index (χ4n) is 3.19. The van der Waals surface area contributed by atoms with Crippen LogP contribution in [0, 0.1) is 12.8 Å². The lowest BCUT2D eigenvalue weighted by Crippen LogP contribution is -2.53. The van der Waals surface area contributed by atoms with Crippen LogP contribution in [-0.2, 0) is 9.53 Å². The predicted octanol–water partition coefficient (Wildman–Crippen LogP) is 1.59. The van der Waals surface area contributed by atoms with Gasteiger partial charge in [-0.3, -0.25) is 14.5 Å². The summed E-state index contributed by atoms with van der Waals surface area (Å²) >= 11 is 0. The largest absolute Gasteiger partial charge is 0.379 e. The fraction of sp³-hybridized carbons (Fsp3) is 0.600. The second kappa shape index (κ2) is 9.69. The molecule has 2 rings (SSSR count). The maximum atomic E-state index is 12.4. The van der Waals surface area contributed by atoms with Crippen LogP contribution in [0.25, 0.3) is 0 Å². The number of carbonyl (C=O) groups excluding carboxylic acids is 2. The SMILES string of the molecule is Cc1cccc(C(=O)NC(C)C(=O)NCC(C(C)C)N2CCOCC2)c1. The number of morpholine rings is 1. The average molecular weight is 361 g/mol. The minimum absolute atomic E-state index is 0.162. The molecule has 0 aromatic heterocycles. The third-order valence-electron chi connectivity index (χ3n) is 4.79. The number of rotatable bonds is 7. The molecule has 1 aliphatic rings. The van der Waals surface area contributed by atoms with Gasteiger partial charge in [-0.05, 0) is 31.9 Å². The summed E-state index contributed by atoms with van der Waals surface area (Å²) in [5.41, 5.74) is 1.58. The van der Waals surface area contributed by atoms with Gasteiger partial charge in [0.05, 0.1) is 13.2 Å². The second-order valence-electron chi connectivity index (χ2n) is 7.27. The Morgan fingerprint density at radius 2 is 1.88 bits per heavy atom. The van der Waals surface area contributed by atoms with E-state index in [0.717, 1.165) is 31.9 Å². The summed E-state index contributed by atoms with van der Waals surface area (Å²) in [4.78, 5) is 27.1. The molecule has 0 radical (unpaired) electrons. The van der Waals surface area contributed by atoms with E-state index in [9.17, 15) is 9.59 Å². The molecule has 2 N–H and O–H groups in total. The van der Waals surface area contributed by atoms with E-state index < -0.39 is 6.04 Å². The van der Waals surface area contributed by atoms with Crippen molar-refractivity contribution < 1.29 is 14.3 Å². The molecule has 26 heavy (non-hydrogen) atoms. The number of nitrogens with zero attached hydrogens (tertiary/aromatic N) is 1. The maximum Gasteiger partial charge on any atom is 0.251 e. The van der Waals surface area contributed by atoms with Gasteiger partial charge in [0.1, 0.15) is 6.04 Å². The van der Waals surface area contributed by atoms with Gasteiger partial charge in [-0.25, -0.2) is 0 Å². The molecule has 1 aromatic rings. The number of amides is 2. The lowest BCUT2D eigenvalue weighted by molar-refractivity contribution is -0.123. The number of hydrogen-bond donors (Lipinski definition) is 2. The molecular weight excluding hydrogens is 330 g/mol. The first-order valence-corrected chi connectivity index (χ1v) is 9.35. The Morgan fingerprint density at radius 3 is 2.50 bits per heavy atom. The van der Waals surface area contributed by atoms with Crippen molar-refractivity contribution >= 4 is 11.8 Å². The zero-order chi connectivity index (χ0) is 19.1. The van der Waals surface area contributed by atoms with Crippen molar-refractivity contribution in [3.05, 3.63) is 35.4 Å². The molecule has 144 valence electrons. The van der Waals surface area contributed by atoms with Crippen LogP contribution in [0.15, 0.2) is 24.3 Å².